The van der Waals surface area contributed by atoms with Crippen molar-refractivity contribution in [2.24, 2.45) is 10.2 Å². The smallest absolute Gasteiger partial charge is 0.0852 e. The third kappa shape index (κ3) is 4.87. The Kier molecular flexibility index (Phi) is 6.16. The lowest BCUT2D eigenvalue weighted by molar-refractivity contribution is 0.565. The highest BCUT2D eigenvalue weighted by Gasteiger charge is 2.03. The first kappa shape index (κ1) is 12.6. The zero-order valence-electron chi connectivity index (χ0n) is 9.97. The van der Waals surface area contributed by atoms with Gasteiger partial charge in [0.1, 0.15) is 0 Å². The molecule has 2 nitrogen and oxygen atoms in total. The molecule has 0 aromatic heterocycles. The van der Waals surface area contributed by atoms with E-state index >= 15 is 0 Å². The predicted molar refractivity (Wildman–Crippen MR) is 69.1 cm³/mol. The van der Waals surface area contributed by atoms with Crippen molar-refractivity contribution in [3.8, 4) is 0 Å². The van der Waals surface area contributed by atoms with Gasteiger partial charge >= 0.3 is 0 Å². The Morgan fingerprint density at radius 3 is 2.69 bits per heavy atom. The first-order chi connectivity index (χ1) is 7.86. The second-order valence-corrected chi connectivity index (χ2v) is 3.87. The molecule has 0 heterocycles. The summed E-state index contributed by atoms with van der Waals surface area (Å²) in [5, 5.41) is 8.63. The lowest BCUT2D eigenvalue weighted by Gasteiger charge is -2.07. The summed E-state index contributed by atoms with van der Waals surface area (Å²) >= 11 is 0. The molecule has 0 aliphatic carbocycles. The van der Waals surface area contributed by atoms with Crippen LogP contribution >= 0.6 is 0 Å². The van der Waals surface area contributed by atoms with E-state index in [2.05, 4.69) is 23.7 Å². The molecule has 0 radical (unpaired) electrons. The van der Waals surface area contributed by atoms with Crippen molar-refractivity contribution in [3.63, 3.8) is 0 Å². The maximum Gasteiger partial charge on any atom is 0.0852 e. The highest BCUT2D eigenvalue weighted by Crippen LogP contribution is 2.15. The Labute approximate surface area is 98.1 Å². The van der Waals surface area contributed by atoms with Crippen LogP contribution in [0, 0.1) is 0 Å². The number of hydrogen-bond donors (Lipinski definition) is 0. The minimum atomic E-state index is 0.289. The van der Waals surface area contributed by atoms with Crippen molar-refractivity contribution in [2.75, 3.05) is 0 Å². The van der Waals surface area contributed by atoms with Gasteiger partial charge in [-0.05, 0) is 25.0 Å². The summed E-state index contributed by atoms with van der Waals surface area (Å²) in [7, 11) is 0. The van der Waals surface area contributed by atoms with E-state index in [1.54, 1.807) is 0 Å². The Morgan fingerprint density at radius 2 is 2.06 bits per heavy atom. The van der Waals surface area contributed by atoms with E-state index in [1.165, 1.54) is 12.8 Å². The third-order valence-electron chi connectivity index (χ3n) is 2.42. The quantitative estimate of drug-likeness (QED) is 0.457. The average molecular weight is 216 g/mol. The van der Waals surface area contributed by atoms with Crippen LogP contribution in [0.1, 0.15) is 32.6 Å². The summed E-state index contributed by atoms with van der Waals surface area (Å²) in [6.07, 6.45) is 6.33. The van der Waals surface area contributed by atoms with E-state index in [1.807, 2.05) is 36.4 Å². The van der Waals surface area contributed by atoms with Crippen LogP contribution in [0.5, 0.6) is 0 Å². The Bertz CT molecular complexity index is 317. The molecule has 1 rings (SSSR count). The van der Waals surface area contributed by atoms with Crippen molar-refractivity contribution < 1.29 is 0 Å². The van der Waals surface area contributed by atoms with Crippen molar-refractivity contribution >= 4 is 5.69 Å². The highest BCUT2D eigenvalue weighted by atomic mass is 15.1. The number of azo groups is 1. The minimum Gasteiger partial charge on any atom is -0.185 e. The molecule has 1 atom stereocenters. The lowest BCUT2D eigenvalue weighted by Crippen LogP contribution is -2.01. The van der Waals surface area contributed by atoms with Crippen molar-refractivity contribution in [2.45, 2.75) is 38.6 Å². The maximum atomic E-state index is 4.37. The number of nitrogens with zero attached hydrogens (tertiary/aromatic N) is 2. The van der Waals surface area contributed by atoms with Crippen LogP contribution < -0.4 is 0 Å². The summed E-state index contributed by atoms with van der Waals surface area (Å²) in [5.74, 6) is 0. The molecule has 1 unspecified atom stereocenters. The third-order valence-corrected chi connectivity index (χ3v) is 2.42. The molecule has 0 spiro atoms. The molecule has 86 valence electrons. The molecule has 0 aliphatic heterocycles. The predicted octanol–water partition coefficient (Wildman–Crippen LogP) is 4.91. The zero-order chi connectivity index (χ0) is 11.6. The van der Waals surface area contributed by atoms with Gasteiger partial charge in [0, 0.05) is 0 Å². The number of rotatable bonds is 7. The summed E-state index contributed by atoms with van der Waals surface area (Å²) in [5.41, 5.74) is 0.924. The monoisotopic (exact) mass is 216 g/mol. The Hall–Kier alpha value is -1.44. The van der Waals surface area contributed by atoms with Gasteiger partial charge in [-0.25, -0.2) is 0 Å². The van der Waals surface area contributed by atoms with Crippen molar-refractivity contribution in [1.82, 2.24) is 0 Å². The standard InChI is InChI=1S/C14H20N2/c1-3-5-10-13(9-4-2)15-16-14-11-7-6-8-12-14/h4,6-8,11-13H,2-3,5,9-10H2,1H3. The highest BCUT2D eigenvalue weighted by molar-refractivity contribution is 5.34. The summed E-state index contributed by atoms with van der Waals surface area (Å²) < 4.78 is 0. The number of hydrogen-bond acceptors (Lipinski definition) is 2. The SMILES string of the molecule is C=CCC(CCCC)N=Nc1ccccc1. The first-order valence-electron chi connectivity index (χ1n) is 5.93. The van der Waals surface area contributed by atoms with Gasteiger partial charge in [0.15, 0.2) is 0 Å². The van der Waals surface area contributed by atoms with E-state index in [9.17, 15) is 0 Å². The van der Waals surface area contributed by atoms with Gasteiger partial charge in [0.25, 0.3) is 0 Å². The molecule has 0 saturated heterocycles. The lowest BCUT2D eigenvalue weighted by atomic mass is 10.1. The summed E-state index contributed by atoms with van der Waals surface area (Å²) in [6, 6.07) is 10.2. The van der Waals surface area contributed by atoms with Crippen LogP contribution in [-0.4, -0.2) is 6.04 Å². The van der Waals surface area contributed by atoms with Crippen molar-refractivity contribution in [3.05, 3.63) is 43.0 Å². The fraction of sp³-hybridized carbons (Fsp3) is 0.429. The van der Waals surface area contributed by atoms with Gasteiger partial charge < -0.3 is 0 Å². The molecule has 0 N–H and O–H groups in total. The van der Waals surface area contributed by atoms with Crippen LogP contribution in [0.25, 0.3) is 0 Å². The van der Waals surface area contributed by atoms with E-state index in [0.29, 0.717) is 0 Å². The van der Waals surface area contributed by atoms with Gasteiger partial charge in [-0.15, -0.1) is 6.58 Å². The molecular weight excluding hydrogens is 196 g/mol. The molecule has 0 aliphatic rings. The second kappa shape index (κ2) is 7.80. The average Bonchev–Trinajstić information content (AvgIpc) is 2.34. The van der Waals surface area contributed by atoms with E-state index in [0.717, 1.165) is 18.5 Å². The van der Waals surface area contributed by atoms with Crippen LogP contribution in [0.4, 0.5) is 5.69 Å². The van der Waals surface area contributed by atoms with E-state index in [-0.39, 0.29) is 6.04 Å². The topological polar surface area (TPSA) is 24.7 Å². The molecule has 16 heavy (non-hydrogen) atoms. The van der Waals surface area contributed by atoms with E-state index in [4.69, 9.17) is 0 Å². The van der Waals surface area contributed by atoms with Gasteiger partial charge in [0.05, 0.1) is 11.7 Å². The van der Waals surface area contributed by atoms with Crippen LogP contribution in [0.15, 0.2) is 53.2 Å². The maximum absolute atomic E-state index is 4.37. The fourth-order valence-corrected chi connectivity index (χ4v) is 1.50. The molecule has 1 aromatic rings. The van der Waals surface area contributed by atoms with Crippen LogP contribution in [-0.2, 0) is 0 Å². The van der Waals surface area contributed by atoms with Crippen molar-refractivity contribution in [1.29, 1.82) is 0 Å². The fourth-order valence-electron chi connectivity index (χ4n) is 1.50. The minimum absolute atomic E-state index is 0.289. The summed E-state index contributed by atoms with van der Waals surface area (Å²) in [6.45, 7) is 5.96. The molecule has 0 fully saturated rings. The normalized spacial score (nSPS) is 12.8. The van der Waals surface area contributed by atoms with Gasteiger partial charge in [0.2, 0.25) is 0 Å². The van der Waals surface area contributed by atoms with Gasteiger partial charge in [-0.3, -0.25) is 0 Å². The molecule has 2 heteroatoms. The van der Waals surface area contributed by atoms with Gasteiger partial charge in [-0.1, -0.05) is 44.0 Å². The van der Waals surface area contributed by atoms with Gasteiger partial charge in [-0.2, -0.15) is 10.2 Å². The largest absolute Gasteiger partial charge is 0.185 e. The summed E-state index contributed by atoms with van der Waals surface area (Å²) in [4.78, 5) is 0. The first-order valence-corrected chi connectivity index (χ1v) is 5.93. The Balaban J connectivity index is 2.53. The molecule has 0 bridgehead atoms. The molecule has 0 amide bonds. The van der Waals surface area contributed by atoms with E-state index < -0.39 is 0 Å². The number of unbranched alkanes of at least 4 members (excludes halogenated alkanes) is 1. The zero-order valence-corrected chi connectivity index (χ0v) is 9.97. The number of benzene rings is 1. The molecular formula is C14H20N2. The molecule has 0 saturated carbocycles. The Morgan fingerprint density at radius 1 is 1.31 bits per heavy atom. The van der Waals surface area contributed by atoms with Crippen LogP contribution in [0.2, 0.25) is 0 Å². The second-order valence-electron chi connectivity index (χ2n) is 3.87. The van der Waals surface area contributed by atoms with Crippen LogP contribution in [0.3, 0.4) is 0 Å². The molecule has 1 aromatic carbocycles.